The van der Waals surface area contributed by atoms with Crippen molar-refractivity contribution in [3.8, 4) is 5.75 Å². The fourth-order valence-corrected chi connectivity index (χ4v) is 3.93. The van der Waals surface area contributed by atoms with Crippen LogP contribution in [0.2, 0.25) is 0 Å². The SMILES string of the molecule is CCCCNc1nc(N)nc2cnn(Cc3ncc(C4CCCNC4)cc3OC)c12. The predicted octanol–water partition coefficient (Wildman–Crippen LogP) is 2.54. The lowest BCUT2D eigenvalue weighted by molar-refractivity contribution is 0.400. The Morgan fingerprint density at radius 3 is 3.00 bits per heavy atom. The van der Waals surface area contributed by atoms with E-state index in [0.29, 0.717) is 23.8 Å². The number of hydrogen-bond donors (Lipinski definition) is 3. The van der Waals surface area contributed by atoms with Gasteiger partial charge in [0.15, 0.2) is 5.82 Å². The third-order valence-corrected chi connectivity index (χ3v) is 5.57. The number of rotatable bonds is 8. The molecule has 1 aliphatic rings. The lowest BCUT2D eigenvalue weighted by atomic mass is 9.92. The van der Waals surface area contributed by atoms with Crippen LogP contribution in [0, 0.1) is 0 Å². The third-order valence-electron chi connectivity index (χ3n) is 5.57. The molecule has 9 nitrogen and oxygen atoms in total. The van der Waals surface area contributed by atoms with Gasteiger partial charge in [0.05, 0.1) is 19.9 Å². The molecule has 0 aliphatic carbocycles. The summed E-state index contributed by atoms with van der Waals surface area (Å²) >= 11 is 0. The van der Waals surface area contributed by atoms with Crippen molar-refractivity contribution in [2.75, 3.05) is 37.8 Å². The number of piperidine rings is 1. The van der Waals surface area contributed by atoms with Crippen LogP contribution in [0.3, 0.4) is 0 Å². The third kappa shape index (κ3) is 4.30. The van der Waals surface area contributed by atoms with Gasteiger partial charge in [-0.05, 0) is 43.4 Å². The van der Waals surface area contributed by atoms with Gasteiger partial charge in [-0.2, -0.15) is 10.1 Å². The molecule has 1 fully saturated rings. The number of pyridine rings is 1. The summed E-state index contributed by atoms with van der Waals surface area (Å²) in [7, 11) is 1.69. The summed E-state index contributed by atoms with van der Waals surface area (Å²) < 4.78 is 7.53. The van der Waals surface area contributed by atoms with Gasteiger partial charge in [0.1, 0.15) is 22.5 Å². The molecule has 4 N–H and O–H groups in total. The maximum Gasteiger partial charge on any atom is 0.222 e. The van der Waals surface area contributed by atoms with E-state index in [1.165, 1.54) is 18.4 Å². The molecule has 0 aromatic carbocycles. The highest BCUT2D eigenvalue weighted by Gasteiger charge is 2.19. The van der Waals surface area contributed by atoms with Gasteiger partial charge in [-0.15, -0.1) is 0 Å². The van der Waals surface area contributed by atoms with E-state index in [1.807, 2.05) is 10.9 Å². The van der Waals surface area contributed by atoms with Crippen molar-refractivity contribution in [2.45, 2.75) is 45.1 Å². The van der Waals surface area contributed by atoms with Gasteiger partial charge in [0.2, 0.25) is 5.95 Å². The Labute approximate surface area is 176 Å². The molecule has 3 aromatic heterocycles. The number of ether oxygens (including phenoxy) is 1. The van der Waals surface area contributed by atoms with Crippen LogP contribution in [0.25, 0.3) is 11.0 Å². The molecule has 1 aliphatic heterocycles. The molecule has 0 bridgehead atoms. The summed E-state index contributed by atoms with van der Waals surface area (Å²) in [6, 6.07) is 2.11. The Balaban J connectivity index is 1.63. The molecule has 1 atom stereocenters. The molecular formula is C21H30N8O. The molecule has 3 aromatic rings. The standard InChI is InChI=1S/C21H30N8O/c1-3-4-8-24-20-19-16(27-21(22)28-20)12-26-29(19)13-17-18(30-2)9-15(11-25-17)14-6-5-7-23-10-14/h9,11-12,14,23H,3-8,10,13H2,1-2H3,(H3,22,24,27,28). The van der Waals surface area contributed by atoms with Crippen LogP contribution >= 0.6 is 0 Å². The molecule has 4 heterocycles. The quantitative estimate of drug-likeness (QED) is 0.485. The van der Waals surface area contributed by atoms with Crippen molar-refractivity contribution in [1.82, 2.24) is 30.0 Å². The molecule has 0 amide bonds. The zero-order chi connectivity index (χ0) is 20.9. The number of anilines is 2. The van der Waals surface area contributed by atoms with E-state index in [-0.39, 0.29) is 5.95 Å². The van der Waals surface area contributed by atoms with Crippen molar-refractivity contribution in [1.29, 1.82) is 0 Å². The van der Waals surface area contributed by atoms with Crippen LogP contribution in [0.5, 0.6) is 5.75 Å². The molecule has 0 spiro atoms. The normalized spacial score (nSPS) is 16.7. The number of nitrogens with one attached hydrogen (secondary N) is 2. The Morgan fingerprint density at radius 2 is 2.23 bits per heavy atom. The maximum absolute atomic E-state index is 5.89. The summed E-state index contributed by atoms with van der Waals surface area (Å²) in [4.78, 5) is 13.5. The number of nitrogens with two attached hydrogens (primary N) is 1. The van der Waals surface area contributed by atoms with Crippen molar-refractivity contribution >= 4 is 22.8 Å². The minimum atomic E-state index is 0.238. The fourth-order valence-electron chi connectivity index (χ4n) is 3.93. The second kappa shape index (κ2) is 9.25. The first kappa shape index (κ1) is 20.3. The minimum Gasteiger partial charge on any atom is -0.495 e. The van der Waals surface area contributed by atoms with Crippen LogP contribution in [-0.4, -0.2) is 51.5 Å². The van der Waals surface area contributed by atoms with E-state index in [9.17, 15) is 0 Å². The average Bonchev–Trinajstić information content (AvgIpc) is 3.17. The van der Waals surface area contributed by atoms with Gasteiger partial charge in [-0.25, -0.2) is 4.98 Å². The van der Waals surface area contributed by atoms with E-state index in [0.717, 1.165) is 49.4 Å². The second-order valence-corrected chi connectivity index (χ2v) is 7.71. The predicted molar refractivity (Wildman–Crippen MR) is 118 cm³/mol. The summed E-state index contributed by atoms with van der Waals surface area (Å²) in [5.74, 6) is 2.19. The van der Waals surface area contributed by atoms with Crippen LogP contribution in [0.1, 0.15) is 49.8 Å². The first-order chi connectivity index (χ1) is 14.7. The largest absolute Gasteiger partial charge is 0.495 e. The molecule has 1 saturated heterocycles. The molecule has 0 saturated carbocycles. The number of methoxy groups -OCH3 is 1. The summed E-state index contributed by atoms with van der Waals surface area (Å²) in [6.45, 7) is 5.51. The molecule has 30 heavy (non-hydrogen) atoms. The van der Waals surface area contributed by atoms with Crippen LogP contribution < -0.4 is 21.1 Å². The van der Waals surface area contributed by atoms with Crippen LogP contribution in [0.15, 0.2) is 18.5 Å². The van der Waals surface area contributed by atoms with E-state index in [1.54, 1.807) is 13.3 Å². The summed E-state index contributed by atoms with van der Waals surface area (Å²) in [5.41, 5.74) is 9.46. The second-order valence-electron chi connectivity index (χ2n) is 7.71. The Hall–Kier alpha value is -2.94. The molecule has 0 radical (unpaired) electrons. The zero-order valence-electron chi connectivity index (χ0n) is 17.7. The van der Waals surface area contributed by atoms with Crippen LogP contribution in [0.4, 0.5) is 11.8 Å². The number of nitrogens with zero attached hydrogens (tertiary/aromatic N) is 5. The van der Waals surface area contributed by atoms with Gasteiger partial charge in [-0.1, -0.05) is 13.3 Å². The topological polar surface area (TPSA) is 116 Å². The molecule has 160 valence electrons. The first-order valence-electron chi connectivity index (χ1n) is 10.7. The van der Waals surface area contributed by atoms with Gasteiger partial charge in [0.25, 0.3) is 0 Å². The van der Waals surface area contributed by atoms with E-state index in [4.69, 9.17) is 15.5 Å². The van der Waals surface area contributed by atoms with Crippen molar-refractivity contribution < 1.29 is 4.74 Å². The van der Waals surface area contributed by atoms with E-state index >= 15 is 0 Å². The van der Waals surface area contributed by atoms with Gasteiger partial charge >= 0.3 is 0 Å². The van der Waals surface area contributed by atoms with E-state index < -0.39 is 0 Å². The highest BCUT2D eigenvalue weighted by Crippen LogP contribution is 2.29. The van der Waals surface area contributed by atoms with Crippen molar-refractivity contribution in [3.05, 3.63) is 29.7 Å². The Bertz CT molecular complexity index is 996. The van der Waals surface area contributed by atoms with Crippen LogP contribution in [-0.2, 0) is 6.54 Å². The number of nitrogen functional groups attached to an aromatic ring is 1. The summed E-state index contributed by atoms with van der Waals surface area (Å²) in [5, 5.41) is 11.4. The number of aromatic nitrogens is 5. The fraction of sp³-hybridized carbons (Fsp3) is 0.524. The Morgan fingerprint density at radius 1 is 1.33 bits per heavy atom. The van der Waals surface area contributed by atoms with Gasteiger partial charge in [-0.3, -0.25) is 9.67 Å². The number of hydrogen-bond acceptors (Lipinski definition) is 8. The summed E-state index contributed by atoms with van der Waals surface area (Å²) in [6.07, 6.45) is 8.19. The monoisotopic (exact) mass is 410 g/mol. The number of fused-ring (bicyclic) bond motifs is 1. The van der Waals surface area contributed by atoms with Gasteiger partial charge < -0.3 is 21.1 Å². The lowest BCUT2D eigenvalue weighted by Crippen LogP contribution is -2.28. The van der Waals surface area contributed by atoms with Crippen molar-refractivity contribution in [2.24, 2.45) is 0 Å². The molecule has 1 unspecified atom stereocenters. The van der Waals surface area contributed by atoms with E-state index in [2.05, 4.69) is 38.7 Å². The van der Waals surface area contributed by atoms with Gasteiger partial charge in [0, 0.05) is 19.3 Å². The average molecular weight is 411 g/mol. The molecule has 4 rings (SSSR count). The lowest BCUT2D eigenvalue weighted by Gasteiger charge is -2.23. The maximum atomic E-state index is 5.89. The highest BCUT2D eigenvalue weighted by molar-refractivity contribution is 5.86. The Kier molecular flexibility index (Phi) is 6.27. The number of unbranched alkanes of at least 4 members (excludes halogenated alkanes) is 1. The smallest absolute Gasteiger partial charge is 0.222 e. The first-order valence-corrected chi connectivity index (χ1v) is 10.7. The minimum absolute atomic E-state index is 0.238. The molecule has 9 heteroatoms. The zero-order valence-corrected chi connectivity index (χ0v) is 17.7. The molecular weight excluding hydrogens is 380 g/mol. The highest BCUT2D eigenvalue weighted by atomic mass is 16.5. The van der Waals surface area contributed by atoms with Crippen molar-refractivity contribution in [3.63, 3.8) is 0 Å².